The second-order valence-electron chi connectivity index (χ2n) is 3.67. The molecule has 2 heterocycles. The molecule has 0 aliphatic carbocycles. The van der Waals surface area contributed by atoms with Crippen molar-refractivity contribution >= 4 is 22.8 Å². The second kappa shape index (κ2) is 4.49. The zero-order valence-electron chi connectivity index (χ0n) is 9.27. The summed E-state index contributed by atoms with van der Waals surface area (Å²) >= 11 is 1.63. The summed E-state index contributed by atoms with van der Waals surface area (Å²) < 4.78 is 0. The Morgan fingerprint density at radius 3 is 2.88 bits per heavy atom. The predicted molar refractivity (Wildman–Crippen MR) is 67.5 cm³/mol. The van der Waals surface area contributed by atoms with Gasteiger partial charge in [0.25, 0.3) is 0 Å². The molecule has 0 bridgehead atoms. The van der Waals surface area contributed by atoms with Gasteiger partial charge in [-0.1, -0.05) is 0 Å². The van der Waals surface area contributed by atoms with Crippen LogP contribution in [0.1, 0.15) is 23.5 Å². The molecule has 0 spiro atoms. The van der Waals surface area contributed by atoms with Crippen molar-refractivity contribution in [2.24, 2.45) is 0 Å². The van der Waals surface area contributed by atoms with Crippen LogP contribution in [0.15, 0.2) is 23.8 Å². The fraction of sp³-hybridized carbons (Fsp3) is 0.273. The van der Waals surface area contributed by atoms with Crippen LogP contribution in [0.4, 0.5) is 11.5 Å². The van der Waals surface area contributed by atoms with Crippen molar-refractivity contribution in [3.05, 3.63) is 34.4 Å². The molecule has 0 aliphatic rings. The highest BCUT2D eigenvalue weighted by atomic mass is 32.1. The number of hydrogen-bond acceptors (Lipinski definition) is 5. The number of hydrogen-bond donors (Lipinski definition) is 2. The number of thiazole rings is 1. The molecule has 0 radical (unpaired) electrons. The minimum Gasteiger partial charge on any atom is -0.397 e. The van der Waals surface area contributed by atoms with E-state index in [4.69, 9.17) is 5.73 Å². The Hall–Kier alpha value is -1.62. The summed E-state index contributed by atoms with van der Waals surface area (Å²) in [5.74, 6) is 0.858. The highest BCUT2D eigenvalue weighted by Gasteiger charge is 2.09. The first-order valence-corrected chi connectivity index (χ1v) is 5.93. The molecule has 0 aliphatic heterocycles. The number of aryl methyl sites for hydroxylation is 1. The van der Waals surface area contributed by atoms with Crippen LogP contribution in [0.3, 0.4) is 0 Å². The smallest absolute Gasteiger partial charge is 0.129 e. The monoisotopic (exact) mass is 234 g/mol. The van der Waals surface area contributed by atoms with Gasteiger partial charge in [0, 0.05) is 11.6 Å². The average Bonchev–Trinajstić information content (AvgIpc) is 2.75. The summed E-state index contributed by atoms with van der Waals surface area (Å²) in [6.45, 7) is 4.05. The van der Waals surface area contributed by atoms with Gasteiger partial charge < -0.3 is 11.1 Å². The Kier molecular flexibility index (Phi) is 3.05. The van der Waals surface area contributed by atoms with Crippen molar-refractivity contribution in [2.75, 3.05) is 11.1 Å². The van der Waals surface area contributed by atoms with Gasteiger partial charge in [-0.05, 0) is 25.5 Å². The molecule has 2 aromatic rings. The van der Waals surface area contributed by atoms with Gasteiger partial charge in [0.05, 0.1) is 17.9 Å². The van der Waals surface area contributed by atoms with Crippen molar-refractivity contribution in [1.29, 1.82) is 0 Å². The van der Waals surface area contributed by atoms with E-state index in [0.29, 0.717) is 5.69 Å². The number of nitrogen functional groups attached to an aromatic ring is 1. The zero-order chi connectivity index (χ0) is 11.5. The minimum atomic E-state index is 0.162. The molecule has 84 valence electrons. The minimum absolute atomic E-state index is 0.162. The average molecular weight is 234 g/mol. The van der Waals surface area contributed by atoms with Gasteiger partial charge in [-0.15, -0.1) is 11.3 Å². The van der Waals surface area contributed by atoms with E-state index in [1.807, 2.05) is 18.4 Å². The molecule has 0 saturated carbocycles. The van der Waals surface area contributed by atoms with Crippen molar-refractivity contribution in [3.8, 4) is 0 Å². The van der Waals surface area contributed by atoms with Gasteiger partial charge in [-0.2, -0.15) is 0 Å². The van der Waals surface area contributed by atoms with Gasteiger partial charge in [-0.3, -0.25) is 0 Å². The molecular formula is C11H14N4S. The summed E-state index contributed by atoms with van der Waals surface area (Å²) in [7, 11) is 0. The summed E-state index contributed by atoms with van der Waals surface area (Å²) in [6.07, 6.45) is 3.46. The van der Waals surface area contributed by atoms with Gasteiger partial charge in [0.15, 0.2) is 0 Å². The molecule has 3 N–H and O–H groups in total. The molecule has 1 atom stereocenters. The molecule has 2 rings (SSSR count). The maximum atomic E-state index is 5.65. The third kappa shape index (κ3) is 2.30. The molecule has 16 heavy (non-hydrogen) atoms. The molecule has 2 aromatic heterocycles. The van der Waals surface area contributed by atoms with E-state index in [0.717, 1.165) is 16.4 Å². The van der Waals surface area contributed by atoms with E-state index >= 15 is 0 Å². The summed E-state index contributed by atoms with van der Waals surface area (Å²) in [5.41, 5.74) is 7.38. The number of nitrogens with one attached hydrogen (secondary N) is 1. The number of nitrogens with zero attached hydrogens (tertiary/aromatic N) is 2. The number of pyridine rings is 1. The van der Waals surface area contributed by atoms with Crippen molar-refractivity contribution in [1.82, 2.24) is 9.97 Å². The molecule has 0 amide bonds. The second-order valence-corrected chi connectivity index (χ2v) is 4.60. The molecule has 0 aromatic carbocycles. The van der Waals surface area contributed by atoms with Crippen LogP contribution in [0, 0.1) is 6.92 Å². The maximum absolute atomic E-state index is 5.65. The number of nitrogens with two attached hydrogens (primary N) is 1. The lowest BCUT2D eigenvalue weighted by Crippen LogP contribution is -2.09. The van der Waals surface area contributed by atoms with Crippen LogP contribution in [0.25, 0.3) is 0 Å². The van der Waals surface area contributed by atoms with Crippen LogP contribution in [-0.2, 0) is 0 Å². The molecule has 1 unspecified atom stereocenters. The molecule has 0 saturated heterocycles. The van der Waals surface area contributed by atoms with E-state index in [1.54, 1.807) is 23.7 Å². The van der Waals surface area contributed by atoms with Crippen LogP contribution in [0.2, 0.25) is 0 Å². The molecular weight excluding hydrogens is 220 g/mol. The molecule has 0 fully saturated rings. The third-order valence-corrected chi connectivity index (χ3v) is 3.23. The zero-order valence-corrected chi connectivity index (χ0v) is 10.1. The Morgan fingerprint density at radius 2 is 2.25 bits per heavy atom. The molecule has 4 nitrogen and oxygen atoms in total. The topological polar surface area (TPSA) is 63.8 Å². The third-order valence-electron chi connectivity index (χ3n) is 2.27. The SMILES string of the molecule is Cc1cc(N)cnc1NC(C)c1nccs1. The van der Waals surface area contributed by atoms with Crippen LogP contribution in [0.5, 0.6) is 0 Å². The largest absolute Gasteiger partial charge is 0.397 e. The van der Waals surface area contributed by atoms with E-state index in [1.165, 1.54) is 0 Å². The Morgan fingerprint density at radius 1 is 1.44 bits per heavy atom. The van der Waals surface area contributed by atoms with Crippen molar-refractivity contribution in [2.45, 2.75) is 19.9 Å². The Labute approximate surface area is 98.6 Å². The first-order chi connectivity index (χ1) is 7.66. The predicted octanol–water partition coefficient (Wildman–Crippen LogP) is 2.60. The quantitative estimate of drug-likeness (QED) is 0.856. The Bertz CT molecular complexity index is 467. The van der Waals surface area contributed by atoms with E-state index < -0.39 is 0 Å². The van der Waals surface area contributed by atoms with Crippen LogP contribution >= 0.6 is 11.3 Å². The number of anilines is 2. The van der Waals surface area contributed by atoms with Gasteiger partial charge >= 0.3 is 0 Å². The summed E-state index contributed by atoms with van der Waals surface area (Å²) in [6, 6.07) is 2.07. The first-order valence-electron chi connectivity index (χ1n) is 5.05. The maximum Gasteiger partial charge on any atom is 0.129 e. The van der Waals surface area contributed by atoms with Gasteiger partial charge in [0.2, 0.25) is 0 Å². The van der Waals surface area contributed by atoms with E-state index in [9.17, 15) is 0 Å². The lowest BCUT2D eigenvalue weighted by molar-refractivity contribution is 0.858. The number of rotatable bonds is 3. The van der Waals surface area contributed by atoms with Crippen molar-refractivity contribution in [3.63, 3.8) is 0 Å². The highest BCUT2D eigenvalue weighted by molar-refractivity contribution is 7.09. The molecule has 5 heteroatoms. The van der Waals surface area contributed by atoms with E-state index in [2.05, 4.69) is 22.2 Å². The van der Waals surface area contributed by atoms with Crippen molar-refractivity contribution < 1.29 is 0 Å². The number of aromatic nitrogens is 2. The summed E-state index contributed by atoms with van der Waals surface area (Å²) in [4.78, 5) is 8.53. The fourth-order valence-electron chi connectivity index (χ4n) is 1.46. The standard InChI is InChI=1S/C11H14N4S/c1-7-5-9(12)6-14-10(7)15-8(2)11-13-3-4-16-11/h3-6,8H,12H2,1-2H3,(H,14,15). The lowest BCUT2D eigenvalue weighted by atomic mass is 10.2. The highest BCUT2D eigenvalue weighted by Crippen LogP contribution is 2.22. The van der Waals surface area contributed by atoms with Gasteiger partial charge in [-0.25, -0.2) is 9.97 Å². The fourth-order valence-corrected chi connectivity index (χ4v) is 2.11. The first kappa shape index (κ1) is 10.9. The normalized spacial score (nSPS) is 12.4. The van der Waals surface area contributed by atoms with E-state index in [-0.39, 0.29) is 6.04 Å². The van der Waals surface area contributed by atoms with Gasteiger partial charge in [0.1, 0.15) is 10.8 Å². The van der Waals surface area contributed by atoms with Crippen LogP contribution < -0.4 is 11.1 Å². The lowest BCUT2D eigenvalue weighted by Gasteiger charge is -2.13. The Balaban J connectivity index is 2.15. The van der Waals surface area contributed by atoms with Crippen LogP contribution in [-0.4, -0.2) is 9.97 Å². The summed E-state index contributed by atoms with van der Waals surface area (Å²) in [5, 5.41) is 6.34.